The Balaban J connectivity index is 1.02. The quantitative estimate of drug-likeness (QED) is 0.135. The highest BCUT2D eigenvalue weighted by molar-refractivity contribution is 6.36. The van der Waals surface area contributed by atoms with Crippen LogP contribution in [-0.4, -0.2) is 15.7 Å². The summed E-state index contributed by atoms with van der Waals surface area (Å²) in [6.07, 6.45) is 2.23. The van der Waals surface area contributed by atoms with Crippen LogP contribution in [-0.2, 0) is 0 Å². The molecule has 0 atom stereocenters. The normalized spacial score (nSPS) is 12.6. The van der Waals surface area contributed by atoms with Crippen LogP contribution in [0.5, 0.6) is 0 Å². The zero-order valence-electron chi connectivity index (χ0n) is 36.6. The van der Waals surface area contributed by atoms with Crippen molar-refractivity contribution >= 4 is 28.8 Å². The molecule has 2 heterocycles. The number of nitrogens with one attached hydrogen (secondary N) is 2. The fourth-order valence-electron chi connectivity index (χ4n) is 8.86. The van der Waals surface area contributed by atoms with Gasteiger partial charge in [-0.2, -0.15) is 0 Å². The minimum atomic E-state index is 0.453. The molecule has 4 heteroatoms. The van der Waals surface area contributed by atoms with E-state index in [2.05, 4.69) is 193 Å². The first-order valence-corrected chi connectivity index (χ1v) is 22.6. The number of hydrogen-bond acceptors (Lipinski definition) is 4. The highest BCUT2D eigenvalue weighted by atomic mass is 14.9. The van der Waals surface area contributed by atoms with Crippen LogP contribution in [0.3, 0.4) is 0 Å². The molecule has 2 N–H and O–H groups in total. The van der Waals surface area contributed by atoms with Gasteiger partial charge in [-0.15, -0.1) is 0 Å². The van der Waals surface area contributed by atoms with Gasteiger partial charge in [-0.3, -0.25) is 5.41 Å². The van der Waals surface area contributed by atoms with Crippen LogP contribution in [0.2, 0.25) is 0 Å². The van der Waals surface area contributed by atoms with E-state index in [0.717, 1.165) is 95.1 Å². The van der Waals surface area contributed by atoms with Crippen molar-refractivity contribution in [3.8, 4) is 67.3 Å². The Morgan fingerprint density at radius 3 is 1.37 bits per heavy atom. The summed E-state index contributed by atoms with van der Waals surface area (Å²) in [5.41, 5.74) is 19.6. The lowest BCUT2D eigenvalue weighted by Crippen LogP contribution is -2.20. The largest absolute Gasteiger partial charge is 0.354 e. The van der Waals surface area contributed by atoms with Crippen molar-refractivity contribution in [2.45, 2.75) is 0 Å². The monoisotopic (exact) mass is 856 g/mol. The molecule has 0 fully saturated rings. The van der Waals surface area contributed by atoms with Crippen LogP contribution in [0, 0.1) is 5.41 Å². The summed E-state index contributed by atoms with van der Waals surface area (Å²) in [5, 5.41) is 13.5. The maximum Gasteiger partial charge on any atom is 0.160 e. The molecule has 0 saturated carbocycles. The van der Waals surface area contributed by atoms with Crippen LogP contribution in [0.15, 0.2) is 249 Å². The maximum atomic E-state index is 9.66. The first-order chi connectivity index (χ1) is 33.1. The summed E-state index contributed by atoms with van der Waals surface area (Å²) < 4.78 is 0. The second-order valence-corrected chi connectivity index (χ2v) is 16.6. The number of hydrogen-bond donors (Lipinski definition) is 2. The Morgan fingerprint density at radius 1 is 0.343 bits per heavy atom. The zero-order valence-corrected chi connectivity index (χ0v) is 36.6. The number of allylic oxidation sites excluding steroid dienone is 1. The lowest BCUT2D eigenvalue weighted by molar-refractivity contribution is 1.18. The smallest absolute Gasteiger partial charge is 0.160 e. The molecule has 1 aliphatic rings. The fourth-order valence-corrected chi connectivity index (χ4v) is 8.86. The molecule has 316 valence electrons. The molecular weight excluding hydrogens is 813 g/mol. The van der Waals surface area contributed by atoms with Gasteiger partial charge in [-0.1, -0.05) is 231 Å². The Bertz CT molecular complexity index is 3330. The molecule has 0 radical (unpaired) electrons. The zero-order chi connectivity index (χ0) is 44.9. The van der Waals surface area contributed by atoms with Gasteiger partial charge in [0.05, 0.1) is 22.8 Å². The van der Waals surface area contributed by atoms with Crippen LogP contribution < -0.4 is 5.32 Å². The SMILES string of the molecule is N=C(/C(=C1\NC(c2ccccc2)=Cc2cc(-c3cccc(-c4cc(-c5ccc(-c6ccccc6)cc5)nc(-c5ccc(-c6ccccc6)cc5)n4)c3)ccc21)c1ccccc1)c1ccccc1. The Morgan fingerprint density at radius 2 is 0.776 bits per heavy atom. The van der Waals surface area contributed by atoms with Crippen LogP contribution in [0.4, 0.5) is 0 Å². The van der Waals surface area contributed by atoms with Gasteiger partial charge >= 0.3 is 0 Å². The summed E-state index contributed by atoms with van der Waals surface area (Å²) >= 11 is 0. The Labute approximate surface area is 391 Å². The molecule has 9 aromatic carbocycles. The van der Waals surface area contributed by atoms with E-state index >= 15 is 0 Å². The lowest BCUT2D eigenvalue weighted by atomic mass is 9.86. The van der Waals surface area contributed by atoms with Gasteiger partial charge in [0, 0.05) is 39.1 Å². The summed E-state index contributed by atoms with van der Waals surface area (Å²) in [6.45, 7) is 0. The number of benzene rings is 9. The highest BCUT2D eigenvalue weighted by Gasteiger charge is 2.24. The third-order valence-electron chi connectivity index (χ3n) is 12.3. The summed E-state index contributed by atoms with van der Waals surface area (Å²) in [5.74, 6) is 0.666. The van der Waals surface area contributed by atoms with Crippen molar-refractivity contribution in [2.24, 2.45) is 0 Å². The molecule has 0 bridgehead atoms. The topological polar surface area (TPSA) is 61.7 Å². The van der Waals surface area contributed by atoms with Crippen molar-refractivity contribution in [3.05, 3.63) is 277 Å². The predicted molar refractivity (Wildman–Crippen MR) is 279 cm³/mol. The Kier molecular flexibility index (Phi) is 11.1. The number of nitrogens with zero attached hydrogens (tertiary/aromatic N) is 2. The molecule has 0 unspecified atom stereocenters. The molecule has 4 nitrogen and oxygen atoms in total. The van der Waals surface area contributed by atoms with Gasteiger partial charge in [0.1, 0.15) is 0 Å². The third-order valence-corrected chi connectivity index (χ3v) is 12.3. The van der Waals surface area contributed by atoms with Crippen molar-refractivity contribution in [1.29, 1.82) is 5.41 Å². The van der Waals surface area contributed by atoms with Gasteiger partial charge in [-0.05, 0) is 74.3 Å². The van der Waals surface area contributed by atoms with Crippen molar-refractivity contribution in [3.63, 3.8) is 0 Å². The van der Waals surface area contributed by atoms with Crippen LogP contribution in [0.25, 0.3) is 90.3 Å². The second-order valence-electron chi connectivity index (χ2n) is 16.6. The standard InChI is InChI=1S/C63H44N4/c64-61(50-25-14-5-15-26-50)60(49-23-12-4-13-24-49)62-56-38-37-53(40-55(56)41-57(65-62)47-21-10-3-11-22-47)52-27-16-28-54(39-52)59-42-58(48-33-29-45(30-34-48)43-17-6-1-7-18-43)66-63(67-59)51-35-31-46(32-36-51)44-19-8-2-9-20-44/h1-42,64-65H/b62-60-,64-61?. The third kappa shape index (κ3) is 8.55. The maximum absolute atomic E-state index is 9.66. The molecule has 1 aliphatic heterocycles. The number of rotatable bonds is 10. The highest BCUT2D eigenvalue weighted by Crippen LogP contribution is 2.39. The molecule has 0 aliphatic carbocycles. The van der Waals surface area contributed by atoms with Crippen molar-refractivity contribution < 1.29 is 0 Å². The van der Waals surface area contributed by atoms with E-state index in [1.54, 1.807) is 0 Å². The van der Waals surface area contributed by atoms with E-state index in [1.165, 1.54) is 11.1 Å². The van der Waals surface area contributed by atoms with Crippen molar-refractivity contribution in [1.82, 2.24) is 15.3 Å². The van der Waals surface area contributed by atoms with E-state index in [1.807, 2.05) is 66.7 Å². The van der Waals surface area contributed by atoms with Gasteiger partial charge in [0.25, 0.3) is 0 Å². The summed E-state index contributed by atoms with van der Waals surface area (Å²) in [7, 11) is 0. The van der Waals surface area contributed by atoms with Crippen LogP contribution >= 0.6 is 0 Å². The molecule has 0 amide bonds. The predicted octanol–water partition coefficient (Wildman–Crippen LogP) is 15.5. The molecule has 0 saturated heterocycles. The Hall–Kier alpha value is -8.99. The molecule has 11 rings (SSSR count). The van der Waals surface area contributed by atoms with E-state index in [-0.39, 0.29) is 0 Å². The molecule has 1 aromatic heterocycles. The minimum Gasteiger partial charge on any atom is -0.354 e. The molecule has 10 aromatic rings. The minimum absolute atomic E-state index is 0.453. The van der Waals surface area contributed by atoms with Crippen LogP contribution in [0.1, 0.15) is 27.8 Å². The second kappa shape index (κ2) is 18.2. The first-order valence-electron chi connectivity index (χ1n) is 22.6. The van der Waals surface area contributed by atoms with Gasteiger partial charge in [0.2, 0.25) is 0 Å². The van der Waals surface area contributed by atoms with E-state index < -0.39 is 0 Å². The van der Waals surface area contributed by atoms with E-state index in [4.69, 9.17) is 9.97 Å². The molecule has 67 heavy (non-hydrogen) atoms. The van der Waals surface area contributed by atoms with Gasteiger partial charge in [0.15, 0.2) is 5.82 Å². The summed E-state index contributed by atoms with van der Waals surface area (Å²) in [4.78, 5) is 10.5. The van der Waals surface area contributed by atoms with Gasteiger partial charge < -0.3 is 5.32 Å². The lowest BCUT2D eigenvalue weighted by Gasteiger charge is -2.26. The van der Waals surface area contributed by atoms with Gasteiger partial charge in [-0.25, -0.2) is 9.97 Å². The summed E-state index contributed by atoms with van der Waals surface area (Å²) in [6, 6.07) is 86.1. The molecular formula is C63H44N4. The average Bonchev–Trinajstić information content (AvgIpc) is 3.42. The molecule has 0 spiro atoms. The van der Waals surface area contributed by atoms with Crippen molar-refractivity contribution in [2.75, 3.05) is 0 Å². The fraction of sp³-hybridized carbons (Fsp3) is 0. The number of fused-ring (bicyclic) bond motifs is 1. The average molecular weight is 857 g/mol. The first kappa shape index (κ1) is 40.8. The van der Waals surface area contributed by atoms with E-state index in [0.29, 0.717) is 11.5 Å². The van der Waals surface area contributed by atoms with E-state index in [9.17, 15) is 5.41 Å². The number of aromatic nitrogens is 2.